The number of β-lactam (4-membered cyclic amide) rings is 1. The summed E-state index contributed by atoms with van der Waals surface area (Å²) in [7, 11) is 1.71. The van der Waals surface area contributed by atoms with Crippen LogP contribution in [-0.2, 0) is 19.2 Å². The normalized spacial score (nSPS) is 33.8. The van der Waals surface area contributed by atoms with Gasteiger partial charge in [0.05, 0.1) is 24.5 Å². The Morgan fingerprint density at radius 2 is 2.09 bits per heavy atom. The van der Waals surface area contributed by atoms with E-state index in [1.54, 1.807) is 7.05 Å². The second kappa shape index (κ2) is 9.96. The first-order valence-electron chi connectivity index (χ1n) is 12.0. The highest BCUT2D eigenvalue weighted by Crippen LogP contribution is 2.53. The largest absolute Gasteiger partial charge is 0.477 e. The van der Waals surface area contributed by atoms with E-state index in [9.17, 15) is 24.3 Å². The van der Waals surface area contributed by atoms with Crippen molar-refractivity contribution in [1.82, 2.24) is 20.4 Å². The van der Waals surface area contributed by atoms with Crippen LogP contribution < -0.4 is 16.4 Å². The van der Waals surface area contributed by atoms with Gasteiger partial charge in [-0.25, -0.2) is 4.79 Å². The van der Waals surface area contributed by atoms with Gasteiger partial charge in [0.25, 0.3) is 0 Å². The minimum absolute atomic E-state index is 0.0315. The quantitative estimate of drug-likeness (QED) is 0.315. The van der Waals surface area contributed by atoms with E-state index in [0.717, 1.165) is 6.42 Å². The minimum Gasteiger partial charge on any atom is -0.477 e. The molecule has 0 spiro atoms. The predicted octanol–water partition coefficient (Wildman–Crippen LogP) is -0.403. The van der Waals surface area contributed by atoms with Gasteiger partial charge in [-0.15, -0.1) is 11.8 Å². The monoisotopic (exact) mass is 493 g/mol. The van der Waals surface area contributed by atoms with E-state index in [-0.39, 0.29) is 77.4 Å². The Hall–Kier alpha value is -1.95. The van der Waals surface area contributed by atoms with Crippen molar-refractivity contribution in [2.24, 2.45) is 23.5 Å². The van der Waals surface area contributed by atoms with E-state index in [1.165, 1.54) is 16.7 Å². The molecule has 34 heavy (non-hydrogen) atoms. The Balaban J connectivity index is 1.43. The summed E-state index contributed by atoms with van der Waals surface area (Å²) in [5.41, 5.74) is 6.01. The number of carboxylic acids is 1. The van der Waals surface area contributed by atoms with E-state index in [2.05, 4.69) is 10.6 Å². The molecule has 0 bridgehead atoms. The summed E-state index contributed by atoms with van der Waals surface area (Å²) in [5, 5.41) is 16.1. The van der Waals surface area contributed by atoms with Crippen LogP contribution >= 0.6 is 11.8 Å². The van der Waals surface area contributed by atoms with Crippen LogP contribution in [0.1, 0.15) is 33.1 Å². The third-order valence-electron chi connectivity index (χ3n) is 7.55. The van der Waals surface area contributed by atoms with Crippen LogP contribution in [0.15, 0.2) is 10.6 Å². The molecule has 0 saturated carbocycles. The molecule has 2 amide bonds. The molecule has 4 aliphatic heterocycles. The molecule has 0 unspecified atom stereocenters. The average Bonchev–Trinajstić information content (AvgIpc) is 3.46. The molecular formula is C23H35N5O5S. The van der Waals surface area contributed by atoms with Crippen LogP contribution in [0.4, 0.5) is 0 Å². The maximum absolute atomic E-state index is 13.0. The Morgan fingerprint density at radius 1 is 1.35 bits per heavy atom. The predicted molar refractivity (Wildman–Crippen MR) is 128 cm³/mol. The first-order chi connectivity index (χ1) is 16.1. The van der Waals surface area contributed by atoms with Gasteiger partial charge in [-0.2, -0.15) is 0 Å². The van der Waals surface area contributed by atoms with Gasteiger partial charge in [0, 0.05) is 48.2 Å². The zero-order chi connectivity index (χ0) is 24.7. The standard InChI is InChI=1S/C23H35N5O5S/c1-11(6-14(29)8-25-3)17-18-12(2)20(19(23(32)33)28(18)22(17)31)34-15-7-16(26-9-15)21(30)27-5-4-13(24)10-27/h11-13,15-18,25-26H,4-10,24H2,1-3H3,(H,32,33)/t11-,12+,13-,15-,16-,17+,18+/m0/s1. The number of nitrogens with two attached hydrogens (primary N) is 1. The first-order valence-corrected chi connectivity index (χ1v) is 12.9. The summed E-state index contributed by atoms with van der Waals surface area (Å²) in [6.07, 6.45) is 1.71. The van der Waals surface area contributed by atoms with Crippen LogP contribution in [0.2, 0.25) is 0 Å². The third-order valence-corrected chi connectivity index (χ3v) is 9.06. The lowest BCUT2D eigenvalue weighted by Gasteiger charge is -2.47. The van der Waals surface area contributed by atoms with Gasteiger partial charge in [-0.05, 0) is 25.8 Å². The highest BCUT2D eigenvalue weighted by molar-refractivity contribution is 8.03. The SMILES string of the molecule is CNCC(=O)C[C@H](C)[C@H]1C(=O)N2C(C(=O)O)=C(S[C@@H]3CN[C@H](C(=O)N4CC[C@H](N)C4)C3)[C@H](C)[C@H]12. The lowest BCUT2D eigenvalue weighted by Crippen LogP contribution is -2.62. The lowest BCUT2D eigenvalue weighted by atomic mass is 9.73. The van der Waals surface area contributed by atoms with Crippen LogP contribution in [0.3, 0.4) is 0 Å². The van der Waals surface area contributed by atoms with Crippen molar-refractivity contribution in [2.75, 3.05) is 33.2 Å². The Labute approximate surface area is 204 Å². The number of nitrogens with zero attached hydrogens (tertiary/aromatic N) is 2. The van der Waals surface area contributed by atoms with Crippen molar-refractivity contribution >= 4 is 35.3 Å². The molecule has 188 valence electrons. The summed E-state index contributed by atoms with van der Waals surface area (Å²) >= 11 is 1.48. The maximum Gasteiger partial charge on any atom is 0.353 e. The molecule has 0 radical (unpaired) electrons. The van der Waals surface area contributed by atoms with Gasteiger partial charge in [0.1, 0.15) is 11.5 Å². The zero-order valence-corrected chi connectivity index (χ0v) is 20.8. The molecule has 10 nitrogen and oxygen atoms in total. The number of aliphatic carboxylic acids is 1. The molecule has 5 N–H and O–H groups in total. The molecule has 0 aromatic rings. The average molecular weight is 494 g/mol. The first kappa shape index (κ1) is 25.2. The number of likely N-dealkylation sites (tertiary alicyclic amines) is 1. The Kier molecular flexibility index (Phi) is 7.37. The number of amides is 2. The van der Waals surface area contributed by atoms with Crippen molar-refractivity contribution in [3.63, 3.8) is 0 Å². The van der Waals surface area contributed by atoms with Crippen LogP contribution in [0, 0.1) is 17.8 Å². The summed E-state index contributed by atoms with van der Waals surface area (Å²) < 4.78 is 0. The molecule has 4 aliphatic rings. The van der Waals surface area contributed by atoms with Crippen molar-refractivity contribution < 1.29 is 24.3 Å². The second-order valence-corrected chi connectivity index (χ2v) is 11.4. The molecule has 11 heteroatoms. The fourth-order valence-electron chi connectivity index (χ4n) is 5.89. The number of likely N-dealkylation sites (N-methyl/N-ethyl adjacent to an activating group) is 1. The number of hydrogen-bond acceptors (Lipinski definition) is 8. The number of nitrogens with one attached hydrogen (secondary N) is 2. The highest BCUT2D eigenvalue weighted by atomic mass is 32.2. The van der Waals surface area contributed by atoms with Gasteiger partial charge >= 0.3 is 5.97 Å². The summed E-state index contributed by atoms with van der Waals surface area (Å²) in [6.45, 7) is 5.97. The van der Waals surface area contributed by atoms with Gasteiger partial charge in [0.15, 0.2) is 0 Å². The van der Waals surface area contributed by atoms with Gasteiger partial charge in [-0.3, -0.25) is 14.4 Å². The molecule has 3 saturated heterocycles. The number of fused-ring (bicyclic) bond motifs is 1. The van der Waals surface area contributed by atoms with E-state index in [0.29, 0.717) is 31.0 Å². The van der Waals surface area contributed by atoms with Crippen molar-refractivity contribution in [2.45, 2.75) is 56.5 Å². The summed E-state index contributed by atoms with van der Waals surface area (Å²) in [4.78, 5) is 54.0. The number of rotatable bonds is 9. The number of carboxylic acid groups (broad SMARTS) is 1. The fraction of sp³-hybridized carbons (Fsp3) is 0.739. The van der Waals surface area contributed by atoms with Gasteiger partial charge in [0.2, 0.25) is 11.8 Å². The highest BCUT2D eigenvalue weighted by Gasteiger charge is 2.60. The van der Waals surface area contributed by atoms with Crippen molar-refractivity contribution in [3.05, 3.63) is 10.6 Å². The van der Waals surface area contributed by atoms with E-state index in [4.69, 9.17) is 5.73 Å². The molecule has 7 atom stereocenters. The summed E-state index contributed by atoms with van der Waals surface area (Å²) in [6, 6.07) is -0.501. The van der Waals surface area contributed by atoms with Gasteiger partial charge in [-0.1, -0.05) is 13.8 Å². The number of thioether (sulfide) groups is 1. The molecular weight excluding hydrogens is 458 g/mol. The number of carbonyl (C=O) groups excluding carboxylic acids is 3. The van der Waals surface area contributed by atoms with E-state index < -0.39 is 5.97 Å². The lowest BCUT2D eigenvalue weighted by molar-refractivity contribution is -0.160. The number of ketones is 1. The fourth-order valence-corrected chi connectivity index (χ4v) is 7.37. The minimum atomic E-state index is -1.10. The maximum atomic E-state index is 13.0. The number of Topliss-reactive ketones (excluding diaryl/α,β-unsaturated/α-hetero) is 1. The topological polar surface area (TPSA) is 145 Å². The Bertz CT molecular complexity index is 910. The molecule has 3 fully saturated rings. The van der Waals surface area contributed by atoms with Crippen LogP contribution in [0.25, 0.3) is 0 Å². The molecule has 4 heterocycles. The van der Waals surface area contributed by atoms with Crippen molar-refractivity contribution in [3.8, 4) is 0 Å². The molecule has 0 aromatic carbocycles. The van der Waals surface area contributed by atoms with Crippen LogP contribution in [-0.4, -0.2) is 95.1 Å². The number of carbonyl (C=O) groups is 4. The summed E-state index contributed by atoms with van der Waals surface area (Å²) in [5.74, 6) is -1.87. The van der Waals surface area contributed by atoms with Crippen molar-refractivity contribution in [1.29, 1.82) is 0 Å². The zero-order valence-electron chi connectivity index (χ0n) is 20.0. The van der Waals surface area contributed by atoms with E-state index in [1.807, 2.05) is 18.7 Å². The molecule has 0 aromatic heterocycles. The van der Waals surface area contributed by atoms with E-state index >= 15 is 0 Å². The second-order valence-electron chi connectivity index (χ2n) is 10.1. The smallest absolute Gasteiger partial charge is 0.353 e. The Morgan fingerprint density at radius 3 is 2.71 bits per heavy atom. The molecule has 0 aliphatic carbocycles. The number of hydrogen-bond donors (Lipinski definition) is 4. The third kappa shape index (κ3) is 4.50. The van der Waals surface area contributed by atoms with Gasteiger partial charge < -0.3 is 31.3 Å². The van der Waals surface area contributed by atoms with Crippen LogP contribution in [0.5, 0.6) is 0 Å². The molecule has 4 rings (SSSR count).